The SMILES string of the molecule is CCCCOc1ccc(N)c2nonc12. The Labute approximate surface area is 87.2 Å². The number of aromatic nitrogens is 2. The molecule has 15 heavy (non-hydrogen) atoms. The molecule has 0 aliphatic carbocycles. The van der Waals surface area contributed by atoms with Crippen LogP contribution in [0.25, 0.3) is 11.0 Å². The van der Waals surface area contributed by atoms with Crippen molar-refractivity contribution < 1.29 is 9.37 Å². The molecule has 2 aromatic rings. The van der Waals surface area contributed by atoms with Gasteiger partial charge in [-0.05, 0) is 28.9 Å². The maximum Gasteiger partial charge on any atom is 0.179 e. The molecule has 2 rings (SSSR count). The molecule has 1 aromatic heterocycles. The summed E-state index contributed by atoms with van der Waals surface area (Å²) in [6.45, 7) is 2.78. The molecule has 2 N–H and O–H groups in total. The lowest BCUT2D eigenvalue weighted by atomic mass is 10.2. The minimum atomic E-state index is 0.550. The third kappa shape index (κ3) is 1.86. The minimum Gasteiger partial charge on any atom is -0.491 e. The molecule has 0 radical (unpaired) electrons. The highest BCUT2D eigenvalue weighted by molar-refractivity contribution is 5.90. The van der Waals surface area contributed by atoms with Crippen molar-refractivity contribution in [3.8, 4) is 5.75 Å². The highest BCUT2D eigenvalue weighted by atomic mass is 16.6. The molecule has 80 valence electrons. The van der Waals surface area contributed by atoms with Gasteiger partial charge in [0.2, 0.25) is 0 Å². The topological polar surface area (TPSA) is 74.2 Å². The van der Waals surface area contributed by atoms with E-state index >= 15 is 0 Å². The van der Waals surface area contributed by atoms with Crippen LogP contribution >= 0.6 is 0 Å². The quantitative estimate of drug-likeness (QED) is 0.613. The zero-order valence-electron chi connectivity index (χ0n) is 8.56. The van der Waals surface area contributed by atoms with E-state index in [0.29, 0.717) is 29.1 Å². The van der Waals surface area contributed by atoms with Crippen molar-refractivity contribution in [2.24, 2.45) is 0 Å². The highest BCUT2D eigenvalue weighted by Gasteiger charge is 2.10. The standard InChI is InChI=1S/C10H13N3O2/c1-2-3-6-14-8-5-4-7(11)9-10(8)13-15-12-9/h4-5H,2-3,6,11H2,1H3. The molecule has 5 nitrogen and oxygen atoms in total. The van der Waals surface area contributed by atoms with Gasteiger partial charge in [0.05, 0.1) is 12.3 Å². The second-order valence-corrected chi connectivity index (χ2v) is 3.32. The van der Waals surface area contributed by atoms with Crippen LogP contribution in [0.4, 0.5) is 5.69 Å². The molecule has 5 heteroatoms. The summed E-state index contributed by atoms with van der Waals surface area (Å²) in [5.41, 5.74) is 7.40. The predicted octanol–water partition coefficient (Wildman–Crippen LogP) is 1.98. The summed E-state index contributed by atoms with van der Waals surface area (Å²) >= 11 is 0. The van der Waals surface area contributed by atoms with E-state index in [1.165, 1.54) is 0 Å². The van der Waals surface area contributed by atoms with Gasteiger partial charge in [0.15, 0.2) is 16.8 Å². The first-order valence-electron chi connectivity index (χ1n) is 4.96. The Kier molecular flexibility index (Phi) is 2.71. The molecular formula is C10H13N3O2. The Morgan fingerprint density at radius 3 is 2.93 bits per heavy atom. The second-order valence-electron chi connectivity index (χ2n) is 3.32. The molecule has 0 bridgehead atoms. The first-order valence-corrected chi connectivity index (χ1v) is 4.96. The van der Waals surface area contributed by atoms with Crippen molar-refractivity contribution in [1.82, 2.24) is 10.3 Å². The number of hydrogen-bond acceptors (Lipinski definition) is 5. The van der Waals surface area contributed by atoms with Crippen LogP contribution in [-0.4, -0.2) is 16.9 Å². The largest absolute Gasteiger partial charge is 0.491 e. The van der Waals surface area contributed by atoms with Gasteiger partial charge < -0.3 is 10.5 Å². The summed E-state index contributed by atoms with van der Waals surface area (Å²) in [4.78, 5) is 0. The van der Waals surface area contributed by atoms with Crippen LogP contribution in [0.3, 0.4) is 0 Å². The number of fused-ring (bicyclic) bond motifs is 1. The summed E-state index contributed by atoms with van der Waals surface area (Å²) in [6.07, 6.45) is 2.10. The molecule has 0 fully saturated rings. The van der Waals surface area contributed by atoms with Crippen molar-refractivity contribution >= 4 is 16.7 Å². The molecule has 0 aliphatic heterocycles. The molecule has 0 spiro atoms. The zero-order chi connectivity index (χ0) is 10.7. The van der Waals surface area contributed by atoms with Gasteiger partial charge in [-0.1, -0.05) is 13.3 Å². The Hall–Kier alpha value is -1.78. The van der Waals surface area contributed by atoms with E-state index in [4.69, 9.17) is 10.5 Å². The maximum atomic E-state index is 5.71. The average Bonchev–Trinajstić information content (AvgIpc) is 2.71. The summed E-state index contributed by atoms with van der Waals surface area (Å²) < 4.78 is 10.2. The Bertz CT molecular complexity index is 453. The van der Waals surface area contributed by atoms with Crippen molar-refractivity contribution in [3.63, 3.8) is 0 Å². The fraction of sp³-hybridized carbons (Fsp3) is 0.400. The normalized spacial score (nSPS) is 10.7. The summed E-state index contributed by atoms with van der Waals surface area (Å²) in [5, 5.41) is 7.48. The van der Waals surface area contributed by atoms with Crippen molar-refractivity contribution in [2.45, 2.75) is 19.8 Å². The lowest BCUT2D eigenvalue weighted by Crippen LogP contribution is -1.98. The molecule has 1 aromatic carbocycles. The number of anilines is 1. The van der Waals surface area contributed by atoms with Crippen LogP contribution in [0.1, 0.15) is 19.8 Å². The van der Waals surface area contributed by atoms with Crippen LogP contribution in [-0.2, 0) is 0 Å². The fourth-order valence-corrected chi connectivity index (χ4v) is 1.31. The van der Waals surface area contributed by atoms with E-state index in [1.807, 2.05) is 0 Å². The lowest BCUT2D eigenvalue weighted by molar-refractivity contribution is 0.301. The number of unbranched alkanes of at least 4 members (excludes halogenated alkanes) is 1. The van der Waals surface area contributed by atoms with Gasteiger partial charge in [0.1, 0.15) is 0 Å². The summed E-state index contributed by atoms with van der Waals surface area (Å²) in [7, 11) is 0. The molecule has 0 saturated carbocycles. The summed E-state index contributed by atoms with van der Waals surface area (Å²) in [5.74, 6) is 0.675. The van der Waals surface area contributed by atoms with Crippen molar-refractivity contribution in [2.75, 3.05) is 12.3 Å². The number of nitrogens with zero attached hydrogens (tertiary/aromatic N) is 2. The predicted molar refractivity (Wildman–Crippen MR) is 56.6 cm³/mol. The molecule has 0 amide bonds. The third-order valence-electron chi connectivity index (χ3n) is 2.17. The first kappa shape index (κ1) is 9.76. The fourth-order valence-electron chi connectivity index (χ4n) is 1.31. The Morgan fingerprint density at radius 2 is 2.13 bits per heavy atom. The van der Waals surface area contributed by atoms with Crippen LogP contribution < -0.4 is 10.5 Å². The van der Waals surface area contributed by atoms with Crippen molar-refractivity contribution in [1.29, 1.82) is 0 Å². The van der Waals surface area contributed by atoms with E-state index < -0.39 is 0 Å². The van der Waals surface area contributed by atoms with E-state index in [2.05, 4.69) is 21.9 Å². The van der Waals surface area contributed by atoms with Crippen LogP contribution in [0, 0.1) is 0 Å². The van der Waals surface area contributed by atoms with Gasteiger partial charge in [-0.3, -0.25) is 0 Å². The Balaban J connectivity index is 2.27. The van der Waals surface area contributed by atoms with Gasteiger partial charge in [0, 0.05) is 0 Å². The smallest absolute Gasteiger partial charge is 0.179 e. The molecular weight excluding hydrogens is 194 g/mol. The lowest BCUT2D eigenvalue weighted by Gasteiger charge is -2.05. The number of nitrogen functional groups attached to an aromatic ring is 1. The van der Waals surface area contributed by atoms with Crippen LogP contribution in [0.15, 0.2) is 16.8 Å². The average molecular weight is 207 g/mol. The number of benzene rings is 1. The van der Waals surface area contributed by atoms with Gasteiger partial charge >= 0.3 is 0 Å². The zero-order valence-corrected chi connectivity index (χ0v) is 8.56. The Morgan fingerprint density at radius 1 is 1.33 bits per heavy atom. The summed E-state index contributed by atoms with van der Waals surface area (Å²) in [6, 6.07) is 3.53. The van der Waals surface area contributed by atoms with Gasteiger partial charge in [-0.15, -0.1) is 0 Å². The molecule has 1 heterocycles. The molecule has 0 unspecified atom stereocenters. The van der Waals surface area contributed by atoms with E-state index in [1.54, 1.807) is 12.1 Å². The number of hydrogen-bond donors (Lipinski definition) is 1. The van der Waals surface area contributed by atoms with E-state index in [0.717, 1.165) is 12.8 Å². The maximum absolute atomic E-state index is 5.71. The van der Waals surface area contributed by atoms with Crippen molar-refractivity contribution in [3.05, 3.63) is 12.1 Å². The number of nitrogens with two attached hydrogens (primary N) is 1. The van der Waals surface area contributed by atoms with Crippen LogP contribution in [0.5, 0.6) is 5.75 Å². The molecule has 0 atom stereocenters. The van der Waals surface area contributed by atoms with Gasteiger partial charge in [-0.2, -0.15) is 0 Å². The second kappa shape index (κ2) is 4.16. The first-order chi connectivity index (χ1) is 7.33. The molecule has 0 aliphatic rings. The monoisotopic (exact) mass is 207 g/mol. The third-order valence-corrected chi connectivity index (χ3v) is 2.17. The van der Waals surface area contributed by atoms with E-state index in [-0.39, 0.29) is 0 Å². The van der Waals surface area contributed by atoms with Crippen LogP contribution in [0.2, 0.25) is 0 Å². The number of rotatable bonds is 4. The molecule has 0 saturated heterocycles. The highest BCUT2D eigenvalue weighted by Crippen LogP contribution is 2.27. The van der Waals surface area contributed by atoms with Gasteiger partial charge in [-0.25, -0.2) is 4.63 Å². The van der Waals surface area contributed by atoms with E-state index in [9.17, 15) is 0 Å². The number of ether oxygens (including phenoxy) is 1. The van der Waals surface area contributed by atoms with Gasteiger partial charge in [0.25, 0.3) is 0 Å². The minimum absolute atomic E-state index is 0.550.